The van der Waals surface area contributed by atoms with Gasteiger partial charge in [-0.25, -0.2) is 0 Å². The van der Waals surface area contributed by atoms with E-state index in [2.05, 4.69) is 0 Å². The number of hydrogen-bond donors (Lipinski definition) is 0. The van der Waals surface area contributed by atoms with Crippen LogP contribution in [0, 0.1) is 0 Å². The Balaban J connectivity index is 0. The Morgan fingerprint density at radius 2 is 1.00 bits per heavy atom. The molecule has 0 aromatic heterocycles. The Kier molecular flexibility index (Phi) is 333. The van der Waals surface area contributed by atoms with Crippen molar-refractivity contribution in [2.24, 2.45) is 0 Å². The number of rotatable bonds is 0. The van der Waals surface area contributed by atoms with E-state index in [0.717, 1.165) is 0 Å². The van der Waals surface area contributed by atoms with Crippen LogP contribution >= 0.6 is 0 Å². The van der Waals surface area contributed by atoms with Crippen LogP contribution in [0.15, 0.2) is 0 Å². The molecule has 6 heteroatoms. The van der Waals surface area contributed by atoms with Gasteiger partial charge in [0, 0.05) is 117 Å². The van der Waals surface area contributed by atoms with E-state index in [0.29, 0.717) is 0 Å². The van der Waals surface area contributed by atoms with Crippen molar-refractivity contribution >= 4 is 0 Å². The van der Waals surface area contributed by atoms with E-state index in [1.54, 1.807) is 0 Å². The van der Waals surface area contributed by atoms with E-state index in [-0.39, 0.29) is 117 Å². The first-order valence-electron chi connectivity index (χ1n) is 0. The summed E-state index contributed by atoms with van der Waals surface area (Å²) in [6, 6.07) is 0. The maximum absolute atomic E-state index is 0. The van der Waals surface area contributed by atoms with Gasteiger partial charge in [-0.15, -0.1) is 0 Å². The first kappa shape index (κ1) is 53.3. The van der Waals surface area contributed by atoms with Crippen LogP contribution in [0.1, 0.15) is 0 Å². The summed E-state index contributed by atoms with van der Waals surface area (Å²) < 4.78 is 0. The zero-order valence-corrected chi connectivity index (χ0v) is 11.4. The minimum atomic E-state index is 0. The molecule has 0 nitrogen and oxygen atoms in total. The smallest absolute Gasteiger partial charge is 0 e. The Hall–Kier alpha value is 3.73. The summed E-state index contributed by atoms with van der Waals surface area (Å²) in [5, 5.41) is 0. The third kappa shape index (κ3) is 25.2. The van der Waals surface area contributed by atoms with Crippen LogP contribution in [0.3, 0.4) is 0 Å². The van der Waals surface area contributed by atoms with Crippen molar-refractivity contribution < 1.29 is 117 Å². The van der Waals surface area contributed by atoms with Crippen LogP contribution in [-0.4, -0.2) is 0 Å². The van der Waals surface area contributed by atoms with E-state index < -0.39 is 0 Å². The van der Waals surface area contributed by atoms with Crippen molar-refractivity contribution in [2.75, 3.05) is 0 Å². The molecule has 0 unspecified atom stereocenters. The average Bonchev–Trinajstić information content (AvgIpc) is 0. The van der Waals surface area contributed by atoms with Gasteiger partial charge >= 0.3 is 0 Å². The fourth-order valence-electron chi connectivity index (χ4n) is 0. The van der Waals surface area contributed by atoms with Crippen LogP contribution < -0.4 is 0 Å². The topological polar surface area (TPSA) is 0 Å². The van der Waals surface area contributed by atoms with Crippen LogP contribution in [0.25, 0.3) is 0 Å². The minimum Gasteiger partial charge on any atom is 0 e. The molecule has 36 valence electrons. The van der Waals surface area contributed by atoms with Crippen molar-refractivity contribution in [1.29, 1.82) is 0 Å². The second-order valence-corrected chi connectivity index (χ2v) is 0. The molecule has 0 aromatic carbocycles. The standard InChI is InChI=1S/Cr.Mn.Ni.Ti.V.Zr. The quantitative estimate of drug-likeness (QED) is 0.536. The summed E-state index contributed by atoms with van der Waals surface area (Å²) >= 11 is 0. The van der Waals surface area contributed by atoms with Crippen molar-refractivity contribution in [1.82, 2.24) is 0 Å². The Bertz CT molecular complexity index is 15.5. The molecule has 0 amide bonds. The van der Waals surface area contributed by atoms with Crippen molar-refractivity contribution in [2.45, 2.75) is 0 Å². The molecule has 2 radical (unpaired) electrons. The summed E-state index contributed by atoms with van der Waals surface area (Å²) in [5.74, 6) is 0. The molecule has 0 aliphatic heterocycles. The summed E-state index contributed by atoms with van der Waals surface area (Å²) in [6.07, 6.45) is 0. The molecule has 0 rings (SSSR count). The fraction of sp³-hybridized carbons (Fsp3) is 0. The normalized spacial score (nSPS) is 0. The maximum Gasteiger partial charge on any atom is 0 e. The molecule has 0 heterocycles. The van der Waals surface area contributed by atoms with E-state index in [1.165, 1.54) is 0 Å². The van der Waals surface area contributed by atoms with Gasteiger partial charge in [-0.3, -0.25) is 0 Å². The Labute approximate surface area is 115 Å². The first-order valence-corrected chi connectivity index (χ1v) is 0. The average molecular weight is 356 g/mol. The Morgan fingerprint density at radius 3 is 1.00 bits per heavy atom. The minimum absolute atomic E-state index is 0. The van der Waals surface area contributed by atoms with E-state index in [9.17, 15) is 0 Å². The predicted octanol–water partition coefficient (Wildman–Crippen LogP) is -0.0150. The predicted molar refractivity (Wildman–Crippen MR) is 0 cm³/mol. The van der Waals surface area contributed by atoms with Crippen LogP contribution in [0.2, 0.25) is 0 Å². The third-order valence-corrected chi connectivity index (χ3v) is 0. The molecule has 0 N–H and O–H groups in total. The van der Waals surface area contributed by atoms with Gasteiger partial charge in [0.1, 0.15) is 0 Å². The molecular weight excluding hydrogens is 356 g/mol. The van der Waals surface area contributed by atoms with Crippen molar-refractivity contribution in [3.63, 3.8) is 0 Å². The second kappa shape index (κ2) is 37.5. The molecule has 6 heavy (non-hydrogen) atoms. The van der Waals surface area contributed by atoms with Crippen molar-refractivity contribution in [3.8, 4) is 0 Å². The van der Waals surface area contributed by atoms with Gasteiger partial charge in [0.2, 0.25) is 0 Å². The Morgan fingerprint density at radius 1 is 1.00 bits per heavy atom. The second-order valence-electron chi connectivity index (χ2n) is 0. The van der Waals surface area contributed by atoms with Crippen LogP contribution in [-0.2, 0) is 117 Å². The molecule has 0 aliphatic carbocycles. The van der Waals surface area contributed by atoms with E-state index >= 15 is 0 Å². The van der Waals surface area contributed by atoms with E-state index in [1.807, 2.05) is 0 Å². The summed E-state index contributed by atoms with van der Waals surface area (Å²) in [5.41, 5.74) is 0. The molecule has 0 saturated carbocycles. The molecule has 0 spiro atoms. The van der Waals surface area contributed by atoms with Gasteiger partial charge in [-0.2, -0.15) is 0 Å². The summed E-state index contributed by atoms with van der Waals surface area (Å²) in [6.45, 7) is 0. The van der Waals surface area contributed by atoms with Gasteiger partial charge in [0.15, 0.2) is 0 Å². The molecule has 0 aromatic rings. The van der Waals surface area contributed by atoms with Gasteiger partial charge in [0.05, 0.1) is 0 Å². The zero-order chi connectivity index (χ0) is 0. The summed E-state index contributed by atoms with van der Waals surface area (Å²) in [7, 11) is 0. The molecular formula is CrMnNiTiVZr. The molecule has 0 bridgehead atoms. The maximum atomic E-state index is 0. The molecule has 0 atom stereocenters. The monoisotopic (exact) mass is 354 g/mol. The largest absolute Gasteiger partial charge is 0 e. The van der Waals surface area contributed by atoms with Crippen molar-refractivity contribution in [3.05, 3.63) is 0 Å². The number of hydrogen-bond acceptors (Lipinski definition) is 0. The van der Waals surface area contributed by atoms with Gasteiger partial charge < -0.3 is 0 Å². The SMILES string of the molecule is [Cr].[Mn].[Ni].[Ti].[V].[Zr]. The molecule has 0 aliphatic rings. The molecule has 0 saturated heterocycles. The van der Waals surface area contributed by atoms with Gasteiger partial charge in [-0.1, -0.05) is 0 Å². The van der Waals surface area contributed by atoms with E-state index in [4.69, 9.17) is 0 Å². The zero-order valence-electron chi connectivity index (χ0n) is 2.55. The van der Waals surface area contributed by atoms with Gasteiger partial charge in [-0.05, 0) is 0 Å². The fourth-order valence-corrected chi connectivity index (χ4v) is 0. The summed E-state index contributed by atoms with van der Waals surface area (Å²) in [4.78, 5) is 0. The third-order valence-electron chi connectivity index (χ3n) is 0. The van der Waals surface area contributed by atoms with Gasteiger partial charge in [0.25, 0.3) is 0 Å². The van der Waals surface area contributed by atoms with Crippen LogP contribution in [0.4, 0.5) is 0 Å². The first-order chi connectivity index (χ1) is 0. The van der Waals surface area contributed by atoms with Crippen LogP contribution in [0.5, 0.6) is 0 Å². The molecule has 0 fully saturated rings.